The quantitative estimate of drug-likeness (QED) is 0.218. The second kappa shape index (κ2) is 12.4. The monoisotopic (exact) mass is 706 g/mol. The molecule has 50 heavy (non-hydrogen) atoms. The van der Waals surface area contributed by atoms with Crippen LogP contribution in [-0.4, -0.2) is 102 Å². The predicted octanol–water partition coefficient (Wildman–Crippen LogP) is 1.45. The van der Waals surface area contributed by atoms with E-state index in [2.05, 4.69) is 6.58 Å². The van der Waals surface area contributed by atoms with E-state index >= 15 is 0 Å². The second-order valence-corrected chi connectivity index (χ2v) is 15.2. The molecule has 0 radical (unpaired) electrons. The lowest BCUT2D eigenvalue weighted by atomic mass is 9.40. The molecule has 15 heteroatoms. The molecule has 5 aliphatic rings. The Morgan fingerprint density at radius 1 is 1.00 bits per heavy atom. The highest BCUT2D eigenvalue weighted by Gasteiger charge is 2.81. The first-order valence-electron chi connectivity index (χ1n) is 16.6. The van der Waals surface area contributed by atoms with Crippen molar-refractivity contribution in [1.29, 1.82) is 0 Å². The summed E-state index contributed by atoms with van der Waals surface area (Å²) in [4.78, 5) is 78.7. The van der Waals surface area contributed by atoms with Crippen LogP contribution in [0, 0.1) is 34.0 Å². The minimum atomic E-state index is -2.21. The maximum Gasteiger partial charge on any atom is 0.340 e. The molecule has 3 heterocycles. The third kappa shape index (κ3) is 5.17. The van der Waals surface area contributed by atoms with Gasteiger partial charge in [0.1, 0.15) is 30.0 Å². The van der Waals surface area contributed by atoms with Crippen LogP contribution in [-0.2, 0) is 61.9 Å². The number of hydrogen-bond acceptors (Lipinski definition) is 15. The number of esters is 6. The highest BCUT2D eigenvalue weighted by atomic mass is 16.6. The van der Waals surface area contributed by atoms with Crippen molar-refractivity contribution in [3.63, 3.8) is 0 Å². The summed E-state index contributed by atoms with van der Waals surface area (Å²) in [6.45, 7) is 16.8. The molecule has 2 saturated heterocycles. The van der Waals surface area contributed by atoms with E-state index in [4.69, 9.17) is 33.2 Å². The van der Waals surface area contributed by atoms with E-state index in [9.17, 15) is 39.0 Å². The molecule has 0 aromatic carbocycles. The van der Waals surface area contributed by atoms with Crippen LogP contribution in [0.4, 0.5) is 0 Å². The molecule has 0 aromatic heterocycles. The maximum atomic E-state index is 13.7. The van der Waals surface area contributed by atoms with Gasteiger partial charge in [0.2, 0.25) is 6.29 Å². The van der Waals surface area contributed by atoms with E-state index in [1.54, 1.807) is 34.6 Å². The average molecular weight is 707 g/mol. The molecule has 2 bridgehead atoms. The zero-order valence-electron chi connectivity index (χ0n) is 29.7. The van der Waals surface area contributed by atoms with E-state index in [-0.39, 0.29) is 24.0 Å². The molecule has 5 rings (SSSR count). The predicted molar refractivity (Wildman–Crippen MR) is 167 cm³/mol. The summed E-state index contributed by atoms with van der Waals surface area (Å²) in [6.07, 6.45) is -9.79. The van der Waals surface area contributed by atoms with Crippen LogP contribution < -0.4 is 0 Å². The Labute approximate surface area is 289 Å². The van der Waals surface area contributed by atoms with Crippen molar-refractivity contribution in [1.82, 2.24) is 0 Å². The molecule has 2 N–H and O–H groups in total. The molecule has 3 aliphatic heterocycles. The van der Waals surface area contributed by atoms with Gasteiger partial charge in [0, 0.05) is 31.1 Å². The first-order valence-corrected chi connectivity index (χ1v) is 16.6. The lowest BCUT2D eigenvalue weighted by Gasteiger charge is -2.73. The van der Waals surface area contributed by atoms with Gasteiger partial charge < -0.3 is 43.4 Å². The van der Waals surface area contributed by atoms with Gasteiger partial charge in [0.05, 0.1) is 24.0 Å². The summed E-state index contributed by atoms with van der Waals surface area (Å²) in [5, 5.41) is 22.2. The third-order valence-corrected chi connectivity index (χ3v) is 11.9. The highest BCUT2D eigenvalue weighted by Crippen LogP contribution is 2.72. The van der Waals surface area contributed by atoms with Gasteiger partial charge in [-0.2, -0.15) is 0 Å². The number of rotatable bonds is 7. The summed E-state index contributed by atoms with van der Waals surface area (Å²) >= 11 is 0. The van der Waals surface area contributed by atoms with E-state index in [1.165, 1.54) is 27.9 Å². The Kier molecular flexibility index (Phi) is 9.32. The van der Waals surface area contributed by atoms with E-state index in [0.717, 1.165) is 6.08 Å². The van der Waals surface area contributed by atoms with E-state index in [0.29, 0.717) is 0 Å². The number of carbonyl (C=O) groups excluding carboxylic acids is 6. The summed E-state index contributed by atoms with van der Waals surface area (Å²) in [5.41, 5.74) is -6.54. The van der Waals surface area contributed by atoms with Crippen LogP contribution in [0.25, 0.3) is 0 Å². The van der Waals surface area contributed by atoms with E-state index < -0.39 is 118 Å². The maximum absolute atomic E-state index is 13.7. The molecule has 12 atom stereocenters. The van der Waals surface area contributed by atoms with Crippen LogP contribution in [0.3, 0.4) is 0 Å². The minimum Gasteiger partial charge on any atom is -0.469 e. The topological polar surface area (TPSA) is 207 Å². The SMILES string of the molecule is C=C1[C@@H]2C[C@H](OC(C)=O)[C@@]3(C)[C@H](C4=C[C@@H](O)OC4=O)OC(=O)[C@@H](O)[C@]13O[C@H]1[C@@H](OC(=O)C(C)C)[C@H](OC(C)=O)C(C)(C)[C@H](CC(=O)OC)[C@@]21C. The molecule has 4 fully saturated rings. The third-order valence-electron chi connectivity index (χ3n) is 11.9. The minimum absolute atomic E-state index is 0.0461. The summed E-state index contributed by atoms with van der Waals surface area (Å²) in [5.74, 6) is -7.19. The van der Waals surface area contributed by atoms with Crippen molar-refractivity contribution in [3.05, 3.63) is 23.8 Å². The van der Waals surface area contributed by atoms with Gasteiger partial charge in [-0.1, -0.05) is 41.2 Å². The number of hydrogen-bond donors (Lipinski definition) is 2. The summed E-state index contributed by atoms with van der Waals surface area (Å²) in [7, 11) is 1.23. The van der Waals surface area contributed by atoms with Crippen molar-refractivity contribution in [3.8, 4) is 0 Å². The lowest BCUT2D eigenvalue weighted by Crippen LogP contribution is -2.83. The van der Waals surface area contributed by atoms with E-state index in [1.807, 2.05) is 0 Å². The number of aliphatic hydroxyl groups is 2. The zero-order valence-corrected chi connectivity index (χ0v) is 29.7. The Morgan fingerprint density at radius 3 is 2.14 bits per heavy atom. The van der Waals surface area contributed by atoms with Gasteiger partial charge in [-0.15, -0.1) is 0 Å². The number of cyclic esters (lactones) is 2. The lowest BCUT2D eigenvalue weighted by molar-refractivity contribution is -0.365. The molecule has 0 unspecified atom stereocenters. The van der Waals surface area contributed by atoms with Crippen LogP contribution >= 0.6 is 0 Å². The zero-order chi connectivity index (χ0) is 37.5. The van der Waals surface area contributed by atoms with Crippen molar-refractivity contribution in [2.24, 2.45) is 34.0 Å². The smallest absolute Gasteiger partial charge is 0.340 e. The molecule has 0 amide bonds. The standard InChI is InChI=1S/C35H46O15/c1-14(2)29(41)48-24-27(46-17(5)37)32(6,7)20(13-22(38)44-10)33(8)19-12-21(45-16(4)36)34(9)26(18-11-23(39)47-30(18)42)49-31(43)25(40)35(34,15(19)3)50-28(24)33/h11,14,19-21,23-28,39-40H,3,12-13H2,1-2,4-10H3/t19-,20-,21-,23-,24-,25+,26-,27-,28-,33+,34-,35+/m0/s1. The van der Waals surface area contributed by atoms with Gasteiger partial charge in [-0.05, 0) is 36.8 Å². The Hall–Kier alpha value is -3.82. The van der Waals surface area contributed by atoms with Crippen LogP contribution in [0.15, 0.2) is 23.8 Å². The summed E-state index contributed by atoms with van der Waals surface area (Å²) < 4.78 is 40.8. The van der Waals surface area contributed by atoms with Crippen molar-refractivity contribution < 1.29 is 72.1 Å². The molecule has 0 aromatic rings. The van der Waals surface area contributed by atoms with Crippen molar-refractivity contribution >= 4 is 35.8 Å². The van der Waals surface area contributed by atoms with Gasteiger partial charge in [-0.25, -0.2) is 9.59 Å². The summed E-state index contributed by atoms with van der Waals surface area (Å²) in [6, 6.07) is 0. The number of ether oxygens (including phenoxy) is 7. The molecule has 15 nitrogen and oxygen atoms in total. The van der Waals surface area contributed by atoms with Crippen LogP contribution in [0.5, 0.6) is 0 Å². The molecule has 2 saturated carbocycles. The fourth-order valence-electron chi connectivity index (χ4n) is 9.52. The normalized spacial score (nSPS) is 41.5. The fraction of sp³-hybridized carbons (Fsp3) is 0.714. The Morgan fingerprint density at radius 2 is 1.62 bits per heavy atom. The van der Waals surface area contributed by atoms with Gasteiger partial charge in [-0.3, -0.25) is 19.2 Å². The van der Waals surface area contributed by atoms with Crippen molar-refractivity contribution in [2.75, 3.05) is 7.11 Å². The van der Waals surface area contributed by atoms with Crippen molar-refractivity contribution in [2.45, 2.75) is 117 Å². The molecule has 276 valence electrons. The average Bonchev–Trinajstić information content (AvgIpc) is 3.35. The molecule has 2 aliphatic carbocycles. The highest BCUT2D eigenvalue weighted by molar-refractivity contribution is 5.93. The molecular formula is C35H46O15. The number of methoxy groups -OCH3 is 1. The van der Waals surface area contributed by atoms with Gasteiger partial charge >= 0.3 is 35.8 Å². The number of aliphatic hydroxyl groups excluding tert-OH is 2. The van der Waals surface area contributed by atoms with Gasteiger partial charge in [0.15, 0.2) is 12.2 Å². The van der Waals surface area contributed by atoms with Crippen LogP contribution in [0.2, 0.25) is 0 Å². The Bertz CT molecular complexity index is 1550. The first-order chi connectivity index (χ1) is 23.1. The number of fused-ring (bicyclic) bond motifs is 3. The second-order valence-electron chi connectivity index (χ2n) is 15.2. The van der Waals surface area contributed by atoms with Gasteiger partial charge in [0.25, 0.3) is 0 Å². The molecule has 1 spiro atoms. The largest absolute Gasteiger partial charge is 0.469 e. The first kappa shape index (κ1) is 37.4. The van der Waals surface area contributed by atoms with Crippen LogP contribution in [0.1, 0.15) is 68.2 Å². The number of carbonyl (C=O) groups is 6. The fourth-order valence-corrected chi connectivity index (χ4v) is 9.52. The Balaban J connectivity index is 1.84. The molecular weight excluding hydrogens is 660 g/mol.